The molecule has 1 aromatic carbocycles. The molecule has 3 N–H and O–H groups in total. The first kappa shape index (κ1) is 14.9. The molecule has 110 valence electrons. The molecule has 0 unspecified atom stereocenters. The number of halogens is 1. The summed E-state index contributed by atoms with van der Waals surface area (Å²) in [5, 5.41) is 12.3. The summed E-state index contributed by atoms with van der Waals surface area (Å²) >= 11 is 6.30. The molecule has 5 nitrogen and oxygen atoms in total. The highest BCUT2D eigenvalue weighted by Gasteiger charge is 2.21. The third-order valence-electron chi connectivity index (χ3n) is 3.71. The second kappa shape index (κ2) is 6.81. The Labute approximate surface area is 124 Å². The minimum atomic E-state index is 0.0669. The summed E-state index contributed by atoms with van der Waals surface area (Å²) in [5.74, 6) is 0.698. The van der Waals surface area contributed by atoms with Crippen molar-refractivity contribution in [3.05, 3.63) is 28.8 Å². The fourth-order valence-corrected chi connectivity index (χ4v) is 2.86. The van der Waals surface area contributed by atoms with E-state index in [0.29, 0.717) is 16.5 Å². The number of amidine groups is 1. The summed E-state index contributed by atoms with van der Waals surface area (Å²) in [5.41, 5.74) is 7.18. The van der Waals surface area contributed by atoms with Crippen molar-refractivity contribution in [3.8, 4) is 0 Å². The Morgan fingerprint density at radius 3 is 2.75 bits per heavy atom. The van der Waals surface area contributed by atoms with Gasteiger partial charge in [-0.15, -0.1) is 0 Å². The average Bonchev–Trinajstić information content (AvgIpc) is 2.47. The molecule has 1 saturated heterocycles. The normalized spacial score (nSPS) is 17.5. The van der Waals surface area contributed by atoms with Crippen LogP contribution in [0.15, 0.2) is 23.4 Å². The van der Waals surface area contributed by atoms with E-state index >= 15 is 0 Å². The number of anilines is 1. The third kappa shape index (κ3) is 3.35. The van der Waals surface area contributed by atoms with E-state index in [1.54, 1.807) is 13.2 Å². The summed E-state index contributed by atoms with van der Waals surface area (Å²) in [6.07, 6.45) is 2.21. The van der Waals surface area contributed by atoms with Gasteiger partial charge in [0.2, 0.25) is 0 Å². The first-order valence-electron chi connectivity index (χ1n) is 6.67. The summed E-state index contributed by atoms with van der Waals surface area (Å²) in [4.78, 5) is 2.27. The first-order valence-corrected chi connectivity index (χ1v) is 7.04. The fraction of sp³-hybridized carbons (Fsp3) is 0.500. The zero-order valence-corrected chi connectivity index (χ0v) is 12.3. The maximum absolute atomic E-state index is 8.67. The van der Waals surface area contributed by atoms with Gasteiger partial charge in [-0.1, -0.05) is 16.8 Å². The monoisotopic (exact) mass is 297 g/mol. The van der Waals surface area contributed by atoms with E-state index in [1.807, 2.05) is 12.1 Å². The minimum absolute atomic E-state index is 0.0669. The molecule has 0 spiro atoms. The van der Waals surface area contributed by atoms with Crippen LogP contribution < -0.4 is 10.6 Å². The Bertz CT molecular complexity index is 485. The van der Waals surface area contributed by atoms with Crippen molar-refractivity contribution in [3.63, 3.8) is 0 Å². The molecule has 6 heteroatoms. The number of nitrogens with zero attached hydrogens (tertiary/aromatic N) is 2. The van der Waals surface area contributed by atoms with Gasteiger partial charge in [-0.2, -0.15) is 0 Å². The predicted molar refractivity (Wildman–Crippen MR) is 80.8 cm³/mol. The molecule has 0 amide bonds. The van der Waals surface area contributed by atoms with Crippen LogP contribution in [0.3, 0.4) is 0 Å². The Morgan fingerprint density at radius 2 is 2.20 bits per heavy atom. The van der Waals surface area contributed by atoms with E-state index < -0.39 is 0 Å². The van der Waals surface area contributed by atoms with E-state index in [-0.39, 0.29) is 5.84 Å². The highest BCUT2D eigenvalue weighted by molar-refractivity contribution is 6.33. The maximum atomic E-state index is 8.67. The second-order valence-electron chi connectivity index (χ2n) is 5.04. The van der Waals surface area contributed by atoms with Crippen LogP contribution in [0.5, 0.6) is 0 Å². The van der Waals surface area contributed by atoms with Gasteiger partial charge in [0.05, 0.1) is 10.7 Å². The number of methoxy groups -OCH3 is 1. The molecule has 0 bridgehead atoms. The number of ether oxygens (including phenoxy) is 1. The van der Waals surface area contributed by atoms with Crippen LogP contribution in [0.25, 0.3) is 0 Å². The van der Waals surface area contributed by atoms with Crippen LogP contribution in [0.1, 0.15) is 18.4 Å². The summed E-state index contributed by atoms with van der Waals surface area (Å²) in [6, 6.07) is 5.47. The Balaban J connectivity index is 2.07. The van der Waals surface area contributed by atoms with Crippen LogP contribution in [0.4, 0.5) is 5.69 Å². The van der Waals surface area contributed by atoms with E-state index in [0.717, 1.165) is 38.2 Å². The molecule has 2 rings (SSSR count). The average molecular weight is 298 g/mol. The van der Waals surface area contributed by atoms with Gasteiger partial charge in [0.15, 0.2) is 5.84 Å². The predicted octanol–water partition coefficient (Wildman–Crippen LogP) is 2.30. The molecule has 0 aliphatic carbocycles. The summed E-state index contributed by atoms with van der Waals surface area (Å²) in [6.45, 7) is 2.76. The van der Waals surface area contributed by atoms with Crippen molar-refractivity contribution in [1.82, 2.24) is 0 Å². The maximum Gasteiger partial charge on any atom is 0.170 e. The second-order valence-corrected chi connectivity index (χ2v) is 5.44. The molecule has 1 aliphatic rings. The van der Waals surface area contributed by atoms with E-state index in [9.17, 15) is 0 Å². The molecule has 0 radical (unpaired) electrons. The summed E-state index contributed by atoms with van der Waals surface area (Å²) in [7, 11) is 1.75. The van der Waals surface area contributed by atoms with Crippen molar-refractivity contribution >= 4 is 23.1 Å². The van der Waals surface area contributed by atoms with Crippen molar-refractivity contribution < 1.29 is 9.94 Å². The van der Waals surface area contributed by atoms with Gasteiger partial charge in [0.25, 0.3) is 0 Å². The quantitative estimate of drug-likeness (QED) is 0.387. The molecule has 0 atom stereocenters. The zero-order valence-electron chi connectivity index (χ0n) is 11.6. The van der Waals surface area contributed by atoms with Gasteiger partial charge in [-0.05, 0) is 37.0 Å². The van der Waals surface area contributed by atoms with Crippen molar-refractivity contribution in [1.29, 1.82) is 0 Å². The standard InChI is InChI=1S/C14H20ClN3O2/c1-20-9-10-4-6-18(7-5-10)13-3-2-11(8-12(13)15)14(16)17-19/h2-3,8,10,19H,4-7,9H2,1H3,(H2,16,17). The number of hydrogen-bond donors (Lipinski definition) is 2. The van der Waals surface area contributed by atoms with Crippen LogP contribution in [0, 0.1) is 5.92 Å². The number of benzene rings is 1. The third-order valence-corrected chi connectivity index (χ3v) is 4.01. The number of nitrogens with two attached hydrogens (primary N) is 1. The number of hydrogen-bond acceptors (Lipinski definition) is 4. The molecule has 1 heterocycles. The molecule has 20 heavy (non-hydrogen) atoms. The van der Waals surface area contributed by atoms with Gasteiger partial charge in [0.1, 0.15) is 0 Å². The highest BCUT2D eigenvalue weighted by atomic mass is 35.5. The molecule has 1 fully saturated rings. The largest absolute Gasteiger partial charge is 0.409 e. The number of rotatable bonds is 4. The smallest absolute Gasteiger partial charge is 0.170 e. The van der Waals surface area contributed by atoms with Crippen molar-refractivity contribution in [2.45, 2.75) is 12.8 Å². The van der Waals surface area contributed by atoms with Gasteiger partial charge < -0.3 is 20.6 Å². The molecule has 1 aliphatic heterocycles. The van der Waals surface area contributed by atoms with Crippen LogP contribution in [-0.2, 0) is 4.74 Å². The lowest BCUT2D eigenvalue weighted by molar-refractivity contribution is 0.139. The highest BCUT2D eigenvalue weighted by Crippen LogP contribution is 2.30. The van der Waals surface area contributed by atoms with E-state index in [1.165, 1.54) is 0 Å². The van der Waals surface area contributed by atoms with Crippen molar-refractivity contribution in [2.75, 3.05) is 31.7 Å². The molecule has 1 aromatic rings. The molecular weight excluding hydrogens is 278 g/mol. The van der Waals surface area contributed by atoms with E-state index in [2.05, 4.69) is 10.1 Å². The Hall–Kier alpha value is -1.46. The molecule has 0 aromatic heterocycles. The Morgan fingerprint density at radius 1 is 1.50 bits per heavy atom. The van der Waals surface area contributed by atoms with E-state index in [4.69, 9.17) is 27.3 Å². The van der Waals surface area contributed by atoms with Gasteiger partial charge in [-0.25, -0.2) is 0 Å². The van der Waals surface area contributed by atoms with Crippen molar-refractivity contribution in [2.24, 2.45) is 16.8 Å². The lowest BCUT2D eigenvalue weighted by Crippen LogP contribution is -2.35. The number of piperidine rings is 1. The zero-order chi connectivity index (χ0) is 14.5. The Kier molecular flexibility index (Phi) is 5.09. The fourth-order valence-electron chi connectivity index (χ4n) is 2.56. The number of oxime groups is 1. The van der Waals surface area contributed by atoms with Gasteiger partial charge in [-0.3, -0.25) is 0 Å². The minimum Gasteiger partial charge on any atom is -0.409 e. The van der Waals surface area contributed by atoms with Crippen LogP contribution in [0.2, 0.25) is 5.02 Å². The first-order chi connectivity index (χ1) is 9.65. The lowest BCUT2D eigenvalue weighted by Gasteiger charge is -2.34. The molecule has 0 saturated carbocycles. The van der Waals surface area contributed by atoms with Gasteiger partial charge in [0, 0.05) is 32.4 Å². The summed E-state index contributed by atoms with van der Waals surface area (Å²) < 4.78 is 5.21. The van der Waals surface area contributed by atoms with Gasteiger partial charge >= 0.3 is 0 Å². The van der Waals surface area contributed by atoms with Crippen LogP contribution >= 0.6 is 11.6 Å². The molecular formula is C14H20ClN3O2. The topological polar surface area (TPSA) is 71.1 Å². The van der Waals surface area contributed by atoms with Crippen LogP contribution in [-0.4, -0.2) is 37.8 Å². The lowest BCUT2D eigenvalue weighted by atomic mass is 9.97. The SMILES string of the molecule is COCC1CCN(c2ccc(C(N)=NO)cc2Cl)CC1.